The van der Waals surface area contributed by atoms with Crippen LogP contribution >= 0.6 is 0 Å². The van der Waals surface area contributed by atoms with Crippen LogP contribution < -0.4 is 10.1 Å². The van der Waals surface area contributed by atoms with Gasteiger partial charge in [0.15, 0.2) is 0 Å². The number of rotatable bonds is 7. The van der Waals surface area contributed by atoms with Crippen LogP contribution in [-0.4, -0.2) is 50.5 Å². The molecule has 0 unspecified atom stereocenters. The average molecular weight is 294 g/mol. The molecule has 1 aliphatic rings. The number of carbonyl (C=O) groups is 1. The SMILES string of the molecule is COCCCNC(=O)c1ccc(OC2CCOCC2)nc1. The van der Waals surface area contributed by atoms with Crippen LogP contribution in [0.2, 0.25) is 0 Å². The first-order valence-corrected chi connectivity index (χ1v) is 7.27. The molecular formula is C15H22N2O4. The van der Waals surface area contributed by atoms with Crippen LogP contribution in [-0.2, 0) is 9.47 Å². The fourth-order valence-corrected chi connectivity index (χ4v) is 2.07. The molecular weight excluding hydrogens is 272 g/mol. The van der Waals surface area contributed by atoms with Gasteiger partial charge in [0.25, 0.3) is 5.91 Å². The van der Waals surface area contributed by atoms with Gasteiger partial charge in [0.2, 0.25) is 5.88 Å². The topological polar surface area (TPSA) is 69.7 Å². The maximum absolute atomic E-state index is 11.9. The molecule has 0 spiro atoms. The van der Waals surface area contributed by atoms with Crippen molar-refractivity contribution in [2.24, 2.45) is 0 Å². The molecule has 1 aliphatic heterocycles. The molecule has 6 heteroatoms. The first kappa shape index (κ1) is 15.7. The second kappa shape index (κ2) is 8.59. The number of hydrogen-bond acceptors (Lipinski definition) is 5. The van der Waals surface area contributed by atoms with Gasteiger partial charge in [0, 0.05) is 45.4 Å². The first-order chi connectivity index (χ1) is 10.3. The van der Waals surface area contributed by atoms with Crippen LogP contribution in [0, 0.1) is 0 Å². The van der Waals surface area contributed by atoms with Crippen molar-refractivity contribution in [3.05, 3.63) is 23.9 Å². The van der Waals surface area contributed by atoms with Gasteiger partial charge < -0.3 is 19.5 Å². The molecule has 6 nitrogen and oxygen atoms in total. The number of hydrogen-bond donors (Lipinski definition) is 1. The summed E-state index contributed by atoms with van der Waals surface area (Å²) in [6.07, 6.45) is 4.24. The highest BCUT2D eigenvalue weighted by Crippen LogP contribution is 2.15. The van der Waals surface area contributed by atoms with Gasteiger partial charge in [0.1, 0.15) is 6.10 Å². The Balaban J connectivity index is 1.79. The Labute approximate surface area is 124 Å². The van der Waals surface area contributed by atoms with Gasteiger partial charge in [-0.25, -0.2) is 4.98 Å². The Morgan fingerprint density at radius 2 is 2.24 bits per heavy atom. The Morgan fingerprint density at radius 3 is 2.90 bits per heavy atom. The third-order valence-corrected chi connectivity index (χ3v) is 3.27. The van der Waals surface area contributed by atoms with E-state index in [1.807, 2.05) is 0 Å². The quantitative estimate of drug-likeness (QED) is 0.770. The summed E-state index contributed by atoms with van der Waals surface area (Å²) < 4.78 is 16.0. The summed E-state index contributed by atoms with van der Waals surface area (Å²) >= 11 is 0. The molecule has 1 saturated heterocycles. The summed E-state index contributed by atoms with van der Waals surface area (Å²) in [5, 5.41) is 2.82. The zero-order valence-electron chi connectivity index (χ0n) is 12.3. The number of nitrogens with one attached hydrogen (secondary N) is 1. The highest BCUT2D eigenvalue weighted by atomic mass is 16.5. The summed E-state index contributed by atoms with van der Waals surface area (Å²) in [4.78, 5) is 16.0. The molecule has 1 amide bonds. The van der Waals surface area contributed by atoms with Crippen molar-refractivity contribution < 1.29 is 19.0 Å². The summed E-state index contributed by atoms with van der Waals surface area (Å²) in [5.41, 5.74) is 0.534. The molecule has 1 N–H and O–H groups in total. The number of amides is 1. The molecule has 0 radical (unpaired) electrons. The van der Waals surface area contributed by atoms with Crippen molar-refractivity contribution in [3.63, 3.8) is 0 Å². The fourth-order valence-electron chi connectivity index (χ4n) is 2.07. The molecule has 0 atom stereocenters. The molecule has 2 rings (SSSR count). The number of aromatic nitrogens is 1. The number of nitrogens with zero attached hydrogens (tertiary/aromatic N) is 1. The molecule has 0 saturated carbocycles. The molecule has 116 valence electrons. The normalized spacial score (nSPS) is 15.7. The maximum Gasteiger partial charge on any atom is 0.252 e. The smallest absolute Gasteiger partial charge is 0.252 e. The van der Waals surface area contributed by atoms with Crippen molar-refractivity contribution in [1.82, 2.24) is 10.3 Å². The van der Waals surface area contributed by atoms with Gasteiger partial charge in [-0.2, -0.15) is 0 Å². The lowest BCUT2D eigenvalue weighted by Crippen LogP contribution is -2.27. The molecule has 0 bridgehead atoms. The minimum absolute atomic E-state index is 0.129. The lowest BCUT2D eigenvalue weighted by Gasteiger charge is -2.22. The molecule has 0 aromatic carbocycles. The monoisotopic (exact) mass is 294 g/mol. The average Bonchev–Trinajstić information content (AvgIpc) is 2.53. The molecule has 21 heavy (non-hydrogen) atoms. The number of pyridine rings is 1. The van der Waals surface area contributed by atoms with Crippen LogP contribution in [0.3, 0.4) is 0 Å². The zero-order chi connectivity index (χ0) is 14.9. The molecule has 0 aliphatic carbocycles. The van der Waals surface area contributed by atoms with Gasteiger partial charge in [-0.05, 0) is 12.5 Å². The van der Waals surface area contributed by atoms with Gasteiger partial charge in [-0.15, -0.1) is 0 Å². The zero-order valence-corrected chi connectivity index (χ0v) is 12.3. The lowest BCUT2D eigenvalue weighted by atomic mass is 10.1. The van der Waals surface area contributed by atoms with E-state index in [9.17, 15) is 4.79 Å². The van der Waals surface area contributed by atoms with E-state index in [-0.39, 0.29) is 12.0 Å². The summed E-state index contributed by atoms with van der Waals surface area (Å²) in [6, 6.07) is 3.47. The van der Waals surface area contributed by atoms with E-state index in [2.05, 4.69) is 10.3 Å². The van der Waals surface area contributed by atoms with Crippen LogP contribution in [0.5, 0.6) is 5.88 Å². The summed E-state index contributed by atoms with van der Waals surface area (Å²) in [7, 11) is 1.64. The second-order valence-corrected chi connectivity index (χ2v) is 4.92. The van der Waals surface area contributed by atoms with Crippen LogP contribution in [0.1, 0.15) is 29.6 Å². The highest BCUT2D eigenvalue weighted by molar-refractivity contribution is 5.93. The van der Waals surface area contributed by atoms with E-state index in [1.165, 1.54) is 0 Å². The van der Waals surface area contributed by atoms with Gasteiger partial charge in [-0.3, -0.25) is 4.79 Å². The van der Waals surface area contributed by atoms with Crippen molar-refractivity contribution in [3.8, 4) is 5.88 Å². The third-order valence-electron chi connectivity index (χ3n) is 3.27. The van der Waals surface area contributed by atoms with E-state index < -0.39 is 0 Å². The van der Waals surface area contributed by atoms with Gasteiger partial charge in [-0.1, -0.05) is 0 Å². The number of ether oxygens (including phenoxy) is 3. The van der Waals surface area contributed by atoms with Crippen LogP contribution in [0.25, 0.3) is 0 Å². The van der Waals surface area contributed by atoms with Crippen LogP contribution in [0.15, 0.2) is 18.3 Å². The minimum Gasteiger partial charge on any atom is -0.474 e. The predicted molar refractivity (Wildman–Crippen MR) is 77.5 cm³/mol. The van der Waals surface area contributed by atoms with Gasteiger partial charge >= 0.3 is 0 Å². The van der Waals surface area contributed by atoms with E-state index >= 15 is 0 Å². The van der Waals surface area contributed by atoms with E-state index in [0.29, 0.717) is 24.6 Å². The minimum atomic E-state index is -0.129. The van der Waals surface area contributed by atoms with E-state index in [4.69, 9.17) is 14.2 Å². The Morgan fingerprint density at radius 1 is 1.43 bits per heavy atom. The molecule has 1 aromatic rings. The van der Waals surface area contributed by atoms with Crippen molar-refractivity contribution >= 4 is 5.91 Å². The first-order valence-electron chi connectivity index (χ1n) is 7.27. The number of carbonyl (C=O) groups excluding carboxylic acids is 1. The largest absolute Gasteiger partial charge is 0.474 e. The Bertz CT molecular complexity index is 430. The Kier molecular flexibility index (Phi) is 6.43. The third kappa shape index (κ3) is 5.32. The Hall–Kier alpha value is -1.66. The van der Waals surface area contributed by atoms with E-state index in [0.717, 1.165) is 32.5 Å². The molecule has 2 heterocycles. The van der Waals surface area contributed by atoms with Crippen molar-refractivity contribution in [2.45, 2.75) is 25.4 Å². The fraction of sp³-hybridized carbons (Fsp3) is 0.600. The second-order valence-electron chi connectivity index (χ2n) is 4.92. The molecule has 1 fully saturated rings. The summed E-state index contributed by atoms with van der Waals surface area (Å²) in [5.74, 6) is 0.425. The predicted octanol–water partition coefficient (Wildman–Crippen LogP) is 1.41. The lowest BCUT2D eigenvalue weighted by molar-refractivity contribution is 0.0237. The van der Waals surface area contributed by atoms with E-state index in [1.54, 1.807) is 25.4 Å². The van der Waals surface area contributed by atoms with Crippen LogP contribution in [0.4, 0.5) is 0 Å². The molecule has 1 aromatic heterocycles. The highest BCUT2D eigenvalue weighted by Gasteiger charge is 2.16. The summed E-state index contributed by atoms with van der Waals surface area (Å²) in [6.45, 7) is 2.68. The number of methoxy groups -OCH3 is 1. The maximum atomic E-state index is 11.9. The van der Waals surface area contributed by atoms with Gasteiger partial charge in [0.05, 0.1) is 18.8 Å². The van der Waals surface area contributed by atoms with Crippen molar-refractivity contribution in [1.29, 1.82) is 0 Å². The van der Waals surface area contributed by atoms with Crippen molar-refractivity contribution in [2.75, 3.05) is 33.5 Å². The standard InChI is InChI=1S/C15H22N2O4/c1-19-8-2-7-16-15(18)12-3-4-14(17-11-12)21-13-5-9-20-10-6-13/h3-4,11,13H,2,5-10H2,1H3,(H,16,18).